The number of ether oxygens (including phenoxy) is 1. The van der Waals surface area contributed by atoms with Crippen LogP contribution in [0.5, 0.6) is 5.75 Å². The van der Waals surface area contributed by atoms with Crippen LogP contribution in [0.1, 0.15) is 18.6 Å². The minimum Gasteiger partial charge on any atom is -0.492 e. The summed E-state index contributed by atoms with van der Waals surface area (Å²) >= 11 is 1.58. The van der Waals surface area contributed by atoms with Gasteiger partial charge >= 0.3 is 6.03 Å². The maximum absolute atomic E-state index is 12.1. The molecule has 0 fully saturated rings. The zero-order chi connectivity index (χ0) is 17.6. The molecule has 0 bridgehead atoms. The van der Waals surface area contributed by atoms with Gasteiger partial charge in [0, 0.05) is 16.8 Å². The average molecular weight is 356 g/mol. The van der Waals surface area contributed by atoms with Gasteiger partial charge in [-0.1, -0.05) is 30.3 Å². The van der Waals surface area contributed by atoms with Crippen molar-refractivity contribution in [1.29, 1.82) is 0 Å². The van der Waals surface area contributed by atoms with E-state index in [1.54, 1.807) is 23.5 Å². The maximum Gasteiger partial charge on any atom is 0.319 e. The highest BCUT2D eigenvalue weighted by Crippen LogP contribution is 2.30. The van der Waals surface area contributed by atoms with Crippen molar-refractivity contribution in [3.05, 3.63) is 59.5 Å². The van der Waals surface area contributed by atoms with Crippen LogP contribution < -0.4 is 15.4 Å². The van der Waals surface area contributed by atoms with Crippen molar-refractivity contribution >= 4 is 33.1 Å². The molecule has 0 saturated carbocycles. The van der Waals surface area contributed by atoms with Gasteiger partial charge in [-0.25, -0.2) is 4.79 Å². The van der Waals surface area contributed by atoms with Crippen molar-refractivity contribution in [2.75, 3.05) is 18.5 Å². The standard InChI is InChI=1S/C19H20N2O3S/c1-2-24-17-9-5-4-8-15(17)21-19(23)20-11-16(22)14-12-25-18-10-6-3-7-13(14)18/h3-10,12,16,22H,2,11H2,1H3,(H2,20,21,23). The molecule has 0 spiro atoms. The maximum atomic E-state index is 12.1. The third kappa shape index (κ3) is 4.10. The second-order valence-electron chi connectivity index (χ2n) is 5.47. The molecule has 0 saturated heterocycles. The van der Waals surface area contributed by atoms with Crippen LogP contribution in [0.15, 0.2) is 53.9 Å². The highest BCUT2D eigenvalue weighted by atomic mass is 32.1. The predicted molar refractivity (Wildman–Crippen MR) is 101 cm³/mol. The first-order valence-corrected chi connectivity index (χ1v) is 8.98. The normalized spacial score (nSPS) is 11.9. The Morgan fingerprint density at radius 3 is 2.80 bits per heavy atom. The largest absolute Gasteiger partial charge is 0.492 e. The van der Waals surface area contributed by atoms with Crippen LogP contribution in [0, 0.1) is 0 Å². The molecule has 0 aliphatic rings. The number of hydrogen-bond acceptors (Lipinski definition) is 4. The lowest BCUT2D eigenvalue weighted by Gasteiger charge is -2.14. The molecule has 1 heterocycles. The van der Waals surface area contributed by atoms with Gasteiger partial charge in [-0.05, 0) is 35.9 Å². The molecule has 3 rings (SSSR count). The van der Waals surface area contributed by atoms with Crippen LogP contribution in [0.2, 0.25) is 0 Å². The third-order valence-corrected chi connectivity index (χ3v) is 4.74. The lowest BCUT2D eigenvalue weighted by atomic mass is 10.1. The number of benzene rings is 2. The molecule has 6 heteroatoms. The first-order chi connectivity index (χ1) is 12.2. The Morgan fingerprint density at radius 2 is 1.96 bits per heavy atom. The zero-order valence-electron chi connectivity index (χ0n) is 13.9. The number of carbonyl (C=O) groups excluding carboxylic acids is 1. The van der Waals surface area contributed by atoms with Crippen LogP contribution in [0.4, 0.5) is 10.5 Å². The molecular weight excluding hydrogens is 336 g/mol. The van der Waals surface area contributed by atoms with Crippen LogP contribution in [-0.4, -0.2) is 24.3 Å². The summed E-state index contributed by atoms with van der Waals surface area (Å²) in [5, 5.41) is 18.8. The van der Waals surface area contributed by atoms with Gasteiger partial charge in [0.05, 0.1) is 18.4 Å². The van der Waals surface area contributed by atoms with E-state index in [1.807, 2.05) is 48.7 Å². The second kappa shape index (κ2) is 8.00. The Balaban J connectivity index is 1.61. The number of urea groups is 1. The van der Waals surface area contributed by atoms with E-state index in [9.17, 15) is 9.90 Å². The molecule has 3 aromatic rings. The monoisotopic (exact) mass is 356 g/mol. The smallest absolute Gasteiger partial charge is 0.319 e. The van der Waals surface area contributed by atoms with Gasteiger partial charge in [0.25, 0.3) is 0 Å². The fraction of sp³-hybridized carbons (Fsp3) is 0.211. The van der Waals surface area contributed by atoms with Crippen molar-refractivity contribution in [3.8, 4) is 5.75 Å². The van der Waals surface area contributed by atoms with E-state index >= 15 is 0 Å². The zero-order valence-corrected chi connectivity index (χ0v) is 14.7. The van der Waals surface area contributed by atoms with E-state index in [0.29, 0.717) is 18.0 Å². The molecule has 1 unspecified atom stereocenters. The summed E-state index contributed by atoms with van der Waals surface area (Å²) in [5.41, 5.74) is 1.42. The number of anilines is 1. The molecule has 1 aromatic heterocycles. The van der Waals surface area contributed by atoms with Crippen LogP contribution in [0.25, 0.3) is 10.1 Å². The topological polar surface area (TPSA) is 70.6 Å². The Hall–Kier alpha value is -2.57. The number of amides is 2. The third-order valence-electron chi connectivity index (χ3n) is 3.76. The van der Waals surface area contributed by atoms with Gasteiger partial charge in [0.2, 0.25) is 0 Å². The lowest BCUT2D eigenvalue weighted by Crippen LogP contribution is -2.32. The molecule has 5 nitrogen and oxygen atoms in total. The fourth-order valence-corrected chi connectivity index (χ4v) is 3.58. The number of nitrogens with one attached hydrogen (secondary N) is 2. The molecule has 1 atom stereocenters. The van der Waals surface area contributed by atoms with Crippen molar-refractivity contribution in [1.82, 2.24) is 5.32 Å². The molecule has 130 valence electrons. The number of carbonyl (C=O) groups is 1. The molecule has 3 N–H and O–H groups in total. The molecule has 0 aliphatic carbocycles. The van der Waals surface area contributed by atoms with E-state index in [0.717, 1.165) is 15.6 Å². The number of aliphatic hydroxyl groups excluding tert-OH is 1. The Morgan fingerprint density at radius 1 is 1.20 bits per heavy atom. The van der Waals surface area contributed by atoms with Gasteiger partial charge in [0.1, 0.15) is 5.75 Å². The molecule has 2 aromatic carbocycles. The minimum atomic E-state index is -0.760. The second-order valence-corrected chi connectivity index (χ2v) is 6.38. The first-order valence-electron chi connectivity index (χ1n) is 8.10. The van der Waals surface area contributed by atoms with Gasteiger partial charge in [-0.2, -0.15) is 0 Å². The van der Waals surface area contributed by atoms with Crippen LogP contribution in [0.3, 0.4) is 0 Å². The predicted octanol–water partition coefficient (Wildman–Crippen LogP) is 4.16. The number of rotatable bonds is 6. The first kappa shape index (κ1) is 17.3. The Labute approximate surface area is 150 Å². The highest BCUT2D eigenvalue weighted by Gasteiger charge is 2.14. The Bertz CT molecular complexity index is 863. The lowest BCUT2D eigenvalue weighted by molar-refractivity contribution is 0.177. The van der Waals surface area contributed by atoms with E-state index in [-0.39, 0.29) is 12.6 Å². The quantitative estimate of drug-likeness (QED) is 0.621. The molecular formula is C19H20N2O3S. The van der Waals surface area contributed by atoms with Crippen molar-refractivity contribution in [3.63, 3.8) is 0 Å². The summed E-state index contributed by atoms with van der Waals surface area (Å²) in [5.74, 6) is 0.615. The number of fused-ring (bicyclic) bond motifs is 1. The van der Waals surface area contributed by atoms with Crippen LogP contribution in [-0.2, 0) is 0 Å². The summed E-state index contributed by atoms with van der Waals surface area (Å²) < 4.78 is 6.60. The van der Waals surface area contributed by atoms with Gasteiger partial charge < -0.3 is 20.5 Å². The minimum absolute atomic E-state index is 0.128. The van der Waals surface area contributed by atoms with E-state index in [1.165, 1.54) is 0 Å². The molecule has 0 aliphatic heterocycles. The van der Waals surface area contributed by atoms with Crippen molar-refractivity contribution in [2.24, 2.45) is 0 Å². The SMILES string of the molecule is CCOc1ccccc1NC(=O)NCC(O)c1csc2ccccc12. The van der Waals surface area contributed by atoms with Gasteiger partial charge in [0.15, 0.2) is 0 Å². The van der Waals surface area contributed by atoms with Crippen LogP contribution >= 0.6 is 11.3 Å². The summed E-state index contributed by atoms with van der Waals surface area (Å²) in [6, 6.07) is 14.8. The molecule has 0 radical (unpaired) electrons. The van der Waals surface area contributed by atoms with Crippen molar-refractivity contribution in [2.45, 2.75) is 13.0 Å². The van der Waals surface area contributed by atoms with E-state index < -0.39 is 6.10 Å². The van der Waals surface area contributed by atoms with Crippen molar-refractivity contribution < 1.29 is 14.6 Å². The number of para-hydroxylation sites is 2. The summed E-state index contributed by atoms with van der Waals surface area (Å²) in [4.78, 5) is 12.1. The number of aliphatic hydroxyl groups is 1. The average Bonchev–Trinajstić information content (AvgIpc) is 3.06. The van der Waals surface area contributed by atoms with Gasteiger partial charge in [-0.3, -0.25) is 0 Å². The van der Waals surface area contributed by atoms with E-state index in [4.69, 9.17) is 4.74 Å². The Kier molecular flexibility index (Phi) is 5.53. The summed E-state index contributed by atoms with van der Waals surface area (Å²) in [6.07, 6.45) is -0.760. The van der Waals surface area contributed by atoms with E-state index in [2.05, 4.69) is 10.6 Å². The van der Waals surface area contributed by atoms with Gasteiger partial charge in [-0.15, -0.1) is 11.3 Å². The number of hydrogen-bond donors (Lipinski definition) is 3. The summed E-state index contributed by atoms with van der Waals surface area (Å²) in [6.45, 7) is 2.53. The number of thiophene rings is 1. The summed E-state index contributed by atoms with van der Waals surface area (Å²) in [7, 11) is 0. The molecule has 2 amide bonds. The highest BCUT2D eigenvalue weighted by molar-refractivity contribution is 7.17. The molecule has 25 heavy (non-hydrogen) atoms. The fourth-order valence-electron chi connectivity index (χ4n) is 2.57.